The van der Waals surface area contributed by atoms with E-state index in [1.807, 2.05) is 0 Å². The van der Waals surface area contributed by atoms with Crippen LogP contribution in [0.3, 0.4) is 0 Å². The van der Waals surface area contributed by atoms with Crippen LogP contribution in [0.1, 0.15) is 52.0 Å². The predicted molar refractivity (Wildman–Crippen MR) is 76.9 cm³/mol. The van der Waals surface area contributed by atoms with Crippen LogP contribution in [0.2, 0.25) is 0 Å². The van der Waals surface area contributed by atoms with E-state index in [0.29, 0.717) is 13.0 Å². The molecule has 0 saturated carbocycles. The van der Waals surface area contributed by atoms with Crippen LogP contribution >= 0.6 is 0 Å². The summed E-state index contributed by atoms with van der Waals surface area (Å²) in [6, 6.07) is -0.452. The molecule has 1 aromatic heterocycles. The fraction of sp³-hybridized carbons (Fsp3) is 0.769. The van der Waals surface area contributed by atoms with E-state index in [-0.39, 0.29) is 5.89 Å². The lowest BCUT2D eigenvalue weighted by molar-refractivity contribution is 0.00568. The number of sulfone groups is 1. The zero-order valence-electron chi connectivity index (χ0n) is 13.2. The Morgan fingerprint density at radius 2 is 2.00 bits per heavy atom. The maximum atomic E-state index is 12.3. The zero-order valence-corrected chi connectivity index (χ0v) is 14.0. The number of hydrogen-bond donors (Lipinski definition) is 0. The first-order valence-corrected chi connectivity index (χ1v) is 9.00. The number of nitrogens with zero attached hydrogens (tertiary/aromatic N) is 3. The van der Waals surface area contributed by atoms with E-state index in [4.69, 9.17) is 9.15 Å². The SMILES string of the molecule is CC(C)(C)OC(=O)N1CCCC[C@@H]1c1nnc(S(C)(=O)=O)o1. The molecule has 2 rings (SSSR count). The van der Waals surface area contributed by atoms with Crippen molar-refractivity contribution in [3.05, 3.63) is 5.89 Å². The normalized spacial score (nSPS) is 20.0. The molecule has 8 nitrogen and oxygen atoms in total. The maximum absolute atomic E-state index is 12.3. The molecule has 1 aromatic rings. The van der Waals surface area contributed by atoms with Gasteiger partial charge in [-0.1, -0.05) is 5.10 Å². The Balaban J connectivity index is 2.23. The minimum Gasteiger partial charge on any atom is -0.444 e. The summed E-state index contributed by atoms with van der Waals surface area (Å²) in [5, 5.41) is 6.90. The number of rotatable bonds is 2. The third-order valence-electron chi connectivity index (χ3n) is 3.16. The van der Waals surface area contributed by atoms with Gasteiger partial charge in [0.15, 0.2) is 0 Å². The van der Waals surface area contributed by atoms with Crippen molar-refractivity contribution in [2.75, 3.05) is 12.8 Å². The van der Waals surface area contributed by atoms with Crippen molar-refractivity contribution in [2.45, 2.75) is 56.9 Å². The van der Waals surface area contributed by atoms with Crippen LogP contribution in [0.25, 0.3) is 0 Å². The second kappa shape index (κ2) is 5.86. The molecule has 1 saturated heterocycles. The van der Waals surface area contributed by atoms with Crippen LogP contribution in [0.15, 0.2) is 9.64 Å². The predicted octanol–water partition coefficient (Wildman–Crippen LogP) is 1.94. The van der Waals surface area contributed by atoms with E-state index >= 15 is 0 Å². The van der Waals surface area contributed by atoms with Gasteiger partial charge < -0.3 is 9.15 Å². The molecule has 124 valence electrons. The highest BCUT2D eigenvalue weighted by Gasteiger charge is 2.35. The van der Waals surface area contributed by atoms with E-state index in [1.165, 1.54) is 4.90 Å². The van der Waals surface area contributed by atoms with Crippen LogP contribution in [0, 0.1) is 0 Å². The summed E-state index contributed by atoms with van der Waals surface area (Å²) in [6.07, 6.45) is 2.90. The fourth-order valence-corrected chi connectivity index (χ4v) is 2.66. The lowest BCUT2D eigenvalue weighted by Crippen LogP contribution is -2.42. The molecule has 0 unspecified atom stereocenters. The zero-order chi connectivity index (χ0) is 16.5. The van der Waals surface area contributed by atoms with Gasteiger partial charge in [-0.3, -0.25) is 4.90 Å². The molecule has 0 aromatic carbocycles. The number of carbonyl (C=O) groups excluding carboxylic acids is 1. The lowest BCUT2D eigenvalue weighted by atomic mass is 10.0. The van der Waals surface area contributed by atoms with E-state index in [0.717, 1.165) is 19.1 Å². The number of piperidine rings is 1. The molecule has 0 bridgehead atoms. The van der Waals surface area contributed by atoms with Gasteiger partial charge >= 0.3 is 11.3 Å². The van der Waals surface area contributed by atoms with Crippen LogP contribution in [0.5, 0.6) is 0 Å². The Morgan fingerprint density at radius 1 is 1.32 bits per heavy atom. The van der Waals surface area contributed by atoms with Gasteiger partial charge in [-0.05, 0) is 40.0 Å². The van der Waals surface area contributed by atoms with Crippen molar-refractivity contribution >= 4 is 15.9 Å². The number of hydrogen-bond acceptors (Lipinski definition) is 7. The molecule has 2 heterocycles. The summed E-state index contributed by atoms with van der Waals surface area (Å²) < 4.78 is 33.5. The van der Waals surface area contributed by atoms with Crippen molar-refractivity contribution < 1.29 is 22.4 Å². The number of aromatic nitrogens is 2. The largest absolute Gasteiger partial charge is 0.444 e. The van der Waals surface area contributed by atoms with E-state index in [1.54, 1.807) is 20.8 Å². The van der Waals surface area contributed by atoms with Gasteiger partial charge in [-0.15, -0.1) is 5.10 Å². The molecule has 0 spiro atoms. The molecule has 1 fully saturated rings. The van der Waals surface area contributed by atoms with Gasteiger partial charge in [0.1, 0.15) is 11.6 Å². The summed E-state index contributed by atoms with van der Waals surface area (Å²) in [6.45, 7) is 5.88. The summed E-state index contributed by atoms with van der Waals surface area (Å²) in [5.41, 5.74) is -0.605. The summed E-state index contributed by atoms with van der Waals surface area (Å²) >= 11 is 0. The lowest BCUT2D eigenvalue weighted by Gasteiger charge is -2.34. The third kappa shape index (κ3) is 3.96. The van der Waals surface area contributed by atoms with Crippen molar-refractivity contribution in [1.82, 2.24) is 15.1 Å². The second-order valence-corrected chi connectivity index (χ2v) is 8.26. The minimum atomic E-state index is -3.56. The first-order chi connectivity index (χ1) is 10.1. The van der Waals surface area contributed by atoms with Gasteiger partial charge in [0, 0.05) is 12.8 Å². The molecular formula is C13H21N3O5S. The van der Waals surface area contributed by atoms with Crippen LogP contribution < -0.4 is 0 Å². The Kier molecular flexibility index (Phi) is 4.46. The van der Waals surface area contributed by atoms with Crippen molar-refractivity contribution in [1.29, 1.82) is 0 Å². The van der Waals surface area contributed by atoms with Crippen LogP contribution in [0.4, 0.5) is 4.79 Å². The van der Waals surface area contributed by atoms with Crippen molar-refractivity contribution in [2.24, 2.45) is 0 Å². The minimum absolute atomic E-state index is 0.131. The Morgan fingerprint density at radius 3 is 2.55 bits per heavy atom. The smallest absolute Gasteiger partial charge is 0.410 e. The Bertz CT molecular complexity index is 647. The van der Waals surface area contributed by atoms with Gasteiger partial charge in [-0.25, -0.2) is 13.2 Å². The first kappa shape index (κ1) is 16.7. The van der Waals surface area contributed by atoms with Crippen molar-refractivity contribution in [3.8, 4) is 0 Å². The number of carbonyl (C=O) groups is 1. The standard InChI is InChI=1S/C13H21N3O5S/c1-13(2,3)21-12(17)16-8-6-5-7-9(16)10-14-15-11(20-10)22(4,18)19/h9H,5-8H2,1-4H3/t9-/m1/s1. The highest BCUT2D eigenvalue weighted by atomic mass is 32.2. The summed E-state index contributed by atoms with van der Waals surface area (Å²) in [5.74, 6) is 0.131. The topological polar surface area (TPSA) is 103 Å². The Labute approximate surface area is 129 Å². The Hall–Kier alpha value is -1.64. The molecule has 22 heavy (non-hydrogen) atoms. The van der Waals surface area contributed by atoms with Crippen LogP contribution in [-0.2, 0) is 14.6 Å². The quantitative estimate of drug-likeness (QED) is 0.815. The summed E-state index contributed by atoms with van der Waals surface area (Å²) in [4.78, 5) is 13.8. The monoisotopic (exact) mass is 331 g/mol. The highest BCUT2D eigenvalue weighted by Crippen LogP contribution is 2.31. The molecular weight excluding hydrogens is 310 g/mol. The summed E-state index contributed by atoms with van der Waals surface area (Å²) in [7, 11) is -3.56. The van der Waals surface area contributed by atoms with Gasteiger partial charge in [0.2, 0.25) is 15.7 Å². The molecule has 0 N–H and O–H groups in total. The van der Waals surface area contributed by atoms with Gasteiger partial charge in [-0.2, -0.15) is 0 Å². The molecule has 1 atom stereocenters. The number of likely N-dealkylation sites (tertiary alicyclic amines) is 1. The van der Waals surface area contributed by atoms with Crippen LogP contribution in [-0.4, -0.2) is 48.0 Å². The molecule has 1 amide bonds. The molecule has 0 radical (unpaired) electrons. The molecule has 1 aliphatic heterocycles. The third-order valence-corrected chi connectivity index (χ3v) is 3.95. The molecule has 0 aliphatic carbocycles. The number of amides is 1. The first-order valence-electron chi connectivity index (χ1n) is 7.11. The second-order valence-electron chi connectivity index (χ2n) is 6.36. The average Bonchev–Trinajstić information content (AvgIpc) is 2.86. The van der Waals surface area contributed by atoms with E-state index < -0.39 is 32.8 Å². The maximum Gasteiger partial charge on any atom is 0.410 e. The van der Waals surface area contributed by atoms with E-state index in [9.17, 15) is 13.2 Å². The van der Waals surface area contributed by atoms with Crippen molar-refractivity contribution in [3.63, 3.8) is 0 Å². The fourth-order valence-electron chi connectivity index (χ4n) is 2.23. The van der Waals surface area contributed by atoms with Gasteiger partial charge in [0.25, 0.3) is 0 Å². The number of ether oxygens (including phenoxy) is 1. The highest BCUT2D eigenvalue weighted by molar-refractivity contribution is 7.90. The van der Waals surface area contributed by atoms with E-state index in [2.05, 4.69) is 10.2 Å². The average molecular weight is 331 g/mol. The molecule has 9 heteroatoms. The van der Waals surface area contributed by atoms with Gasteiger partial charge in [0.05, 0.1) is 0 Å². The molecule has 1 aliphatic rings.